The van der Waals surface area contributed by atoms with E-state index in [1.54, 1.807) is 29.2 Å². The standard InChI is InChI=1S/C15H20N2O3.ClH/c1-20-14(18)12-8-4-5-9-13(12)16-15(19)17-10-6-2-3-7-11-17;/h4-5,8-9H,2-3,6-7,10-11H2,1H3,(H,16,19);1H. The maximum atomic E-state index is 12.2. The Hall–Kier alpha value is -1.75. The van der Waals surface area contributed by atoms with Gasteiger partial charge < -0.3 is 15.0 Å². The first-order valence-corrected chi connectivity index (χ1v) is 6.95. The number of likely N-dealkylation sites (tertiary alicyclic amines) is 1. The maximum absolute atomic E-state index is 12.2. The molecule has 1 fully saturated rings. The predicted octanol–water partition coefficient (Wildman–Crippen LogP) is 3.30. The maximum Gasteiger partial charge on any atom is 0.339 e. The number of hydrogen-bond acceptors (Lipinski definition) is 3. The van der Waals surface area contributed by atoms with E-state index in [1.165, 1.54) is 20.0 Å². The van der Waals surface area contributed by atoms with Gasteiger partial charge in [-0.3, -0.25) is 0 Å². The van der Waals surface area contributed by atoms with E-state index in [4.69, 9.17) is 4.74 Å². The van der Waals surface area contributed by atoms with Gasteiger partial charge in [0.05, 0.1) is 18.4 Å². The number of urea groups is 1. The van der Waals surface area contributed by atoms with Gasteiger partial charge in [0, 0.05) is 13.1 Å². The Morgan fingerprint density at radius 1 is 1.10 bits per heavy atom. The molecular weight excluding hydrogens is 292 g/mol. The van der Waals surface area contributed by atoms with Gasteiger partial charge in [-0.1, -0.05) is 25.0 Å². The summed E-state index contributed by atoms with van der Waals surface area (Å²) < 4.78 is 4.72. The van der Waals surface area contributed by atoms with E-state index < -0.39 is 5.97 Å². The number of nitrogens with zero attached hydrogens (tertiary/aromatic N) is 1. The van der Waals surface area contributed by atoms with E-state index in [-0.39, 0.29) is 18.4 Å². The molecular formula is C15H21ClN2O3. The summed E-state index contributed by atoms with van der Waals surface area (Å²) in [5.41, 5.74) is 0.867. The van der Waals surface area contributed by atoms with E-state index in [0.717, 1.165) is 25.9 Å². The fourth-order valence-electron chi connectivity index (χ4n) is 2.35. The Morgan fingerprint density at radius 2 is 1.71 bits per heavy atom. The van der Waals surface area contributed by atoms with E-state index in [2.05, 4.69) is 5.32 Å². The first-order valence-electron chi connectivity index (χ1n) is 6.95. The van der Waals surface area contributed by atoms with Gasteiger partial charge in [0.25, 0.3) is 0 Å². The molecule has 1 aromatic rings. The number of benzene rings is 1. The van der Waals surface area contributed by atoms with Gasteiger partial charge in [0.1, 0.15) is 0 Å². The minimum absolute atomic E-state index is 0. The van der Waals surface area contributed by atoms with Crippen molar-refractivity contribution in [2.45, 2.75) is 25.7 Å². The zero-order valence-corrected chi connectivity index (χ0v) is 12.9. The van der Waals surface area contributed by atoms with E-state index in [1.807, 2.05) is 0 Å². The summed E-state index contributed by atoms with van der Waals surface area (Å²) in [4.78, 5) is 25.7. The number of carbonyl (C=O) groups is 2. The number of methoxy groups -OCH3 is 1. The van der Waals surface area contributed by atoms with Gasteiger partial charge in [-0.15, -0.1) is 12.4 Å². The number of amides is 2. The Morgan fingerprint density at radius 3 is 2.33 bits per heavy atom. The molecule has 5 nitrogen and oxygen atoms in total. The molecule has 21 heavy (non-hydrogen) atoms. The average molecular weight is 313 g/mol. The summed E-state index contributed by atoms with van der Waals surface area (Å²) in [7, 11) is 1.33. The molecule has 2 rings (SSSR count). The summed E-state index contributed by atoms with van der Waals surface area (Å²) in [6.07, 6.45) is 4.41. The number of anilines is 1. The second-order valence-corrected chi connectivity index (χ2v) is 4.87. The average Bonchev–Trinajstić information content (AvgIpc) is 2.76. The first-order chi connectivity index (χ1) is 9.72. The zero-order valence-electron chi connectivity index (χ0n) is 12.1. The van der Waals surface area contributed by atoms with Gasteiger partial charge in [-0.05, 0) is 25.0 Å². The molecule has 2 amide bonds. The number of halogens is 1. The largest absolute Gasteiger partial charge is 0.465 e. The highest BCUT2D eigenvalue weighted by molar-refractivity contribution is 6.00. The van der Waals surface area contributed by atoms with Gasteiger partial charge in [-0.25, -0.2) is 9.59 Å². The van der Waals surface area contributed by atoms with Crippen LogP contribution in [0.15, 0.2) is 24.3 Å². The highest BCUT2D eigenvalue weighted by Crippen LogP contribution is 2.18. The molecule has 0 atom stereocenters. The number of nitrogens with one attached hydrogen (secondary N) is 1. The molecule has 0 unspecified atom stereocenters. The van der Waals surface area contributed by atoms with Crippen molar-refractivity contribution in [3.63, 3.8) is 0 Å². The lowest BCUT2D eigenvalue weighted by Crippen LogP contribution is -2.36. The monoisotopic (exact) mass is 312 g/mol. The first kappa shape index (κ1) is 17.3. The van der Waals surface area contributed by atoms with Crippen molar-refractivity contribution in [3.05, 3.63) is 29.8 Å². The minimum atomic E-state index is -0.447. The third-order valence-electron chi connectivity index (χ3n) is 3.47. The van der Waals surface area contributed by atoms with Gasteiger partial charge in [0.15, 0.2) is 0 Å². The smallest absolute Gasteiger partial charge is 0.339 e. The molecule has 1 aromatic carbocycles. The summed E-state index contributed by atoms with van der Waals surface area (Å²) >= 11 is 0. The molecule has 0 saturated carbocycles. The fourth-order valence-corrected chi connectivity index (χ4v) is 2.35. The van der Waals surface area contributed by atoms with Crippen LogP contribution >= 0.6 is 12.4 Å². The molecule has 0 spiro atoms. The van der Waals surface area contributed by atoms with Crippen LogP contribution in [0.4, 0.5) is 10.5 Å². The van der Waals surface area contributed by atoms with Crippen LogP contribution in [0.5, 0.6) is 0 Å². The third kappa shape index (κ3) is 4.63. The van der Waals surface area contributed by atoms with Crippen LogP contribution in [-0.4, -0.2) is 37.1 Å². The minimum Gasteiger partial charge on any atom is -0.465 e. The number of rotatable bonds is 2. The molecule has 0 radical (unpaired) electrons. The molecule has 6 heteroatoms. The van der Waals surface area contributed by atoms with Crippen LogP contribution in [0.1, 0.15) is 36.0 Å². The van der Waals surface area contributed by atoms with Crippen molar-refractivity contribution in [2.24, 2.45) is 0 Å². The number of ether oxygens (including phenoxy) is 1. The van der Waals surface area contributed by atoms with Crippen molar-refractivity contribution in [2.75, 3.05) is 25.5 Å². The topological polar surface area (TPSA) is 58.6 Å². The number of carbonyl (C=O) groups excluding carboxylic acids is 2. The summed E-state index contributed by atoms with van der Waals surface area (Å²) in [6, 6.07) is 6.73. The van der Waals surface area contributed by atoms with Crippen LogP contribution in [-0.2, 0) is 4.74 Å². The lowest BCUT2D eigenvalue weighted by Gasteiger charge is -2.21. The highest BCUT2D eigenvalue weighted by Gasteiger charge is 2.18. The van der Waals surface area contributed by atoms with Crippen LogP contribution < -0.4 is 5.32 Å². The van der Waals surface area contributed by atoms with E-state index in [0.29, 0.717) is 11.3 Å². The highest BCUT2D eigenvalue weighted by atomic mass is 35.5. The molecule has 1 N–H and O–H groups in total. The molecule has 0 aliphatic carbocycles. The molecule has 1 saturated heterocycles. The number of hydrogen-bond donors (Lipinski definition) is 1. The van der Waals surface area contributed by atoms with Crippen molar-refractivity contribution in [3.8, 4) is 0 Å². The van der Waals surface area contributed by atoms with E-state index >= 15 is 0 Å². The summed E-state index contributed by atoms with van der Waals surface area (Å²) in [5, 5.41) is 2.81. The molecule has 116 valence electrons. The van der Waals surface area contributed by atoms with Crippen molar-refractivity contribution in [1.29, 1.82) is 0 Å². The number of para-hydroxylation sites is 1. The van der Waals surface area contributed by atoms with Gasteiger partial charge in [-0.2, -0.15) is 0 Å². The SMILES string of the molecule is COC(=O)c1ccccc1NC(=O)N1CCCCCC1.Cl. The second-order valence-electron chi connectivity index (χ2n) is 4.87. The molecule has 1 heterocycles. The quantitative estimate of drug-likeness (QED) is 0.852. The van der Waals surface area contributed by atoms with Crippen LogP contribution in [0.2, 0.25) is 0 Å². The second kappa shape index (κ2) is 8.52. The van der Waals surface area contributed by atoms with Crippen LogP contribution in [0.3, 0.4) is 0 Å². The van der Waals surface area contributed by atoms with Crippen LogP contribution in [0.25, 0.3) is 0 Å². The zero-order chi connectivity index (χ0) is 14.4. The van der Waals surface area contributed by atoms with Crippen molar-refractivity contribution >= 4 is 30.1 Å². The number of esters is 1. The third-order valence-corrected chi connectivity index (χ3v) is 3.47. The Labute approximate surface area is 131 Å². The van der Waals surface area contributed by atoms with Gasteiger partial charge >= 0.3 is 12.0 Å². The summed E-state index contributed by atoms with van der Waals surface area (Å²) in [5.74, 6) is -0.447. The molecule has 0 bridgehead atoms. The summed E-state index contributed by atoms with van der Waals surface area (Å²) in [6.45, 7) is 1.54. The van der Waals surface area contributed by atoms with Gasteiger partial charge in [0.2, 0.25) is 0 Å². The normalized spacial score (nSPS) is 14.6. The molecule has 1 aliphatic heterocycles. The van der Waals surface area contributed by atoms with Crippen LogP contribution in [0, 0.1) is 0 Å². The molecule has 0 aromatic heterocycles. The van der Waals surface area contributed by atoms with Crippen molar-refractivity contribution < 1.29 is 14.3 Å². The predicted molar refractivity (Wildman–Crippen MR) is 84.1 cm³/mol. The molecule has 1 aliphatic rings. The Kier molecular flexibility index (Phi) is 7.02. The van der Waals surface area contributed by atoms with E-state index in [9.17, 15) is 9.59 Å². The lowest BCUT2D eigenvalue weighted by molar-refractivity contribution is 0.0602. The Balaban J connectivity index is 0.00000220. The lowest BCUT2D eigenvalue weighted by atomic mass is 10.2. The van der Waals surface area contributed by atoms with Crippen molar-refractivity contribution in [1.82, 2.24) is 4.90 Å². The Bertz CT molecular complexity index is 486. The fraction of sp³-hybridized carbons (Fsp3) is 0.467.